The van der Waals surface area contributed by atoms with Crippen LogP contribution in [0.5, 0.6) is 0 Å². The summed E-state index contributed by atoms with van der Waals surface area (Å²) in [5, 5.41) is 0. The van der Waals surface area contributed by atoms with Crippen molar-refractivity contribution in [2.24, 2.45) is 16.2 Å². The van der Waals surface area contributed by atoms with Crippen molar-refractivity contribution < 1.29 is 19.1 Å². The molecule has 0 atom stereocenters. The maximum atomic E-state index is 11.2. The van der Waals surface area contributed by atoms with Crippen molar-refractivity contribution in [3.63, 3.8) is 0 Å². The summed E-state index contributed by atoms with van der Waals surface area (Å²) in [4.78, 5) is 22.3. The number of carbonyl (C=O) groups is 2. The predicted octanol–water partition coefficient (Wildman–Crippen LogP) is 3.19. The molecule has 0 aliphatic rings. The molecule has 0 aromatic rings. The first-order chi connectivity index (χ1) is 8.33. The lowest BCUT2D eigenvalue weighted by molar-refractivity contribution is -0.172. The maximum absolute atomic E-state index is 11.2. The first kappa shape index (κ1) is 17.9. The van der Waals surface area contributed by atoms with Crippen molar-refractivity contribution in [2.75, 3.05) is 13.2 Å². The largest absolute Gasteiger partial charge is 0.465 e. The SMILES string of the molecule is CC(=O)OCC(COC(C)=O)(C(C)(C)C)C(C)(C)C. The van der Waals surface area contributed by atoms with E-state index in [-0.39, 0.29) is 36.0 Å². The number of carbonyl (C=O) groups excluding carboxylic acids is 2. The first-order valence-corrected chi connectivity index (χ1v) is 6.60. The van der Waals surface area contributed by atoms with Gasteiger partial charge in [0.25, 0.3) is 0 Å². The minimum absolute atomic E-state index is 0.184. The van der Waals surface area contributed by atoms with Crippen molar-refractivity contribution in [1.82, 2.24) is 0 Å². The van der Waals surface area contributed by atoms with E-state index in [0.717, 1.165) is 0 Å². The fraction of sp³-hybridized carbons (Fsp3) is 0.867. The highest BCUT2D eigenvalue weighted by molar-refractivity contribution is 5.66. The van der Waals surface area contributed by atoms with Crippen LogP contribution in [0.15, 0.2) is 0 Å². The molecule has 0 unspecified atom stereocenters. The van der Waals surface area contributed by atoms with Crippen LogP contribution in [0.25, 0.3) is 0 Å². The molecule has 0 bridgehead atoms. The van der Waals surface area contributed by atoms with E-state index in [0.29, 0.717) is 0 Å². The first-order valence-electron chi connectivity index (χ1n) is 6.60. The Morgan fingerprint density at radius 3 is 1.16 bits per heavy atom. The van der Waals surface area contributed by atoms with Crippen molar-refractivity contribution in [1.29, 1.82) is 0 Å². The summed E-state index contributed by atoms with van der Waals surface area (Å²) < 4.78 is 10.5. The Labute approximate surface area is 116 Å². The molecule has 0 aromatic carbocycles. The number of ether oxygens (including phenoxy) is 2. The Hall–Kier alpha value is -1.06. The summed E-state index contributed by atoms with van der Waals surface area (Å²) in [5.41, 5.74) is -0.816. The Kier molecular flexibility index (Phi) is 5.60. The number of rotatable bonds is 4. The van der Waals surface area contributed by atoms with Gasteiger partial charge in [-0.2, -0.15) is 0 Å². The molecule has 0 fully saturated rings. The molecule has 0 heterocycles. The van der Waals surface area contributed by atoms with Gasteiger partial charge < -0.3 is 9.47 Å². The second kappa shape index (κ2) is 5.93. The topological polar surface area (TPSA) is 52.6 Å². The molecule has 0 aliphatic carbocycles. The third-order valence-electron chi connectivity index (χ3n) is 3.91. The molecule has 0 amide bonds. The number of hydrogen-bond donors (Lipinski definition) is 0. The van der Waals surface area contributed by atoms with Gasteiger partial charge in [-0.15, -0.1) is 0 Å². The Morgan fingerprint density at radius 1 is 0.737 bits per heavy atom. The predicted molar refractivity (Wildman–Crippen MR) is 74.6 cm³/mol. The molecule has 4 heteroatoms. The van der Waals surface area contributed by atoms with Crippen molar-refractivity contribution in [2.45, 2.75) is 55.4 Å². The molecular formula is C15H28O4. The quantitative estimate of drug-likeness (QED) is 0.737. The zero-order valence-corrected chi connectivity index (χ0v) is 13.5. The molecule has 0 aliphatic heterocycles. The van der Waals surface area contributed by atoms with Crippen LogP contribution in [0.1, 0.15) is 55.4 Å². The lowest BCUT2D eigenvalue weighted by atomic mass is 9.55. The molecule has 0 saturated heterocycles. The smallest absolute Gasteiger partial charge is 0.302 e. The van der Waals surface area contributed by atoms with Crippen LogP contribution >= 0.6 is 0 Å². The standard InChI is InChI=1S/C15H28O4/c1-11(16)18-9-15(13(3,4)5,14(6,7)8)10-19-12(2)17/h9-10H2,1-8H3. The van der Waals surface area contributed by atoms with Gasteiger partial charge in [0.1, 0.15) is 13.2 Å². The van der Waals surface area contributed by atoms with Gasteiger partial charge in [0.05, 0.1) is 0 Å². The minimum Gasteiger partial charge on any atom is -0.465 e. The van der Waals surface area contributed by atoms with Crippen LogP contribution in [-0.2, 0) is 19.1 Å². The van der Waals surface area contributed by atoms with Gasteiger partial charge in [-0.25, -0.2) is 0 Å². The summed E-state index contributed by atoms with van der Waals surface area (Å²) in [5.74, 6) is -0.638. The van der Waals surface area contributed by atoms with E-state index >= 15 is 0 Å². The normalized spacial score (nSPS) is 13.1. The second-order valence-electron chi connectivity index (χ2n) is 7.14. The van der Waals surface area contributed by atoms with Crippen LogP contribution in [0.3, 0.4) is 0 Å². The van der Waals surface area contributed by atoms with Gasteiger partial charge in [-0.1, -0.05) is 41.5 Å². The summed E-state index contributed by atoms with van der Waals surface area (Å²) >= 11 is 0. The molecule has 0 radical (unpaired) electrons. The highest BCUT2D eigenvalue weighted by atomic mass is 16.5. The summed E-state index contributed by atoms with van der Waals surface area (Å²) in [6.45, 7) is 15.7. The third kappa shape index (κ3) is 4.51. The van der Waals surface area contributed by atoms with Gasteiger partial charge >= 0.3 is 11.9 Å². The van der Waals surface area contributed by atoms with Crippen LogP contribution < -0.4 is 0 Å². The molecule has 4 nitrogen and oxygen atoms in total. The van der Waals surface area contributed by atoms with Gasteiger partial charge in [-0.3, -0.25) is 9.59 Å². The molecule has 0 spiro atoms. The average Bonchev–Trinajstić information content (AvgIpc) is 2.12. The van der Waals surface area contributed by atoms with E-state index < -0.39 is 5.41 Å². The van der Waals surface area contributed by atoms with Gasteiger partial charge in [0, 0.05) is 19.3 Å². The number of hydrogen-bond acceptors (Lipinski definition) is 4. The fourth-order valence-corrected chi connectivity index (χ4v) is 2.48. The van der Waals surface area contributed by atoms with Gasteiger partial charge in [0.15, 0.2) is 0 Å². The monoisotopic (exact) mass is 272 g/mol. The lowest BCUT2D eigenvalue weighted by Gasteiger charge is -2.52. The van der Waals surface area contributed by atoms with Crippen LogP contribution in [0, 0.1) is 16.2 Å². The van der Waals surface area contributed by atoms with Crippen LogP contribution in [0.2, 0.25) is 0 Å². The summed E-state index contributed by atoms with van der Waals surface area (Å²) in [6, 6.07) is 0. The van der Waals surface area contributed by atoms with Gasteiger partial charge in [-0.05, 0) is 10.8 Å². The lowest BCUT2D eigenvalue weighted by Crippen LogP contribution is -2.53. The van der Waals surface area contributed by atoms with Crippen LogP contribution in [-0.4, -0.2) is 25.2 Å². The van der Waals surface area contributed by atoms with E-state index in [1.54, 1.807) is 0 Å². The third-order valence-corrected chi connectivity index (χ3v) is 3.91. The van der Waals surface area contributed by atoms with E-state index in [2.05, 4.69) is 41.5 Å². The average molecular weight is 272 g/mol. The highest BCUT2D eigenvalue weighted by Gasteiger charge is 2.52. The van der Waals surface area contributed by atoms with Gasteiger partial charge in [0.2, 0.25) is 0 Å². The van der Waals surface area contributed by atoms with Crippen molar-refractivity contribution >= 4 is 11.9 Å². The van der Waals surface area contributed by atoms with Crippen molar-refractivity contribution in [3.05, 3.63) is 0 Å². The Morgan fingerprint density at radius 2 is 1.00 bits per heavy atom. The number of esters is 2. The zero-order valence-electron chi connectivity index (χ0n) is 13.5. The summed E-state index contributed by atoms with van der Waals surface area (Å²) in [7, 11) is 0. The molecule has 112 valence electrons. The minimum atomic E-state index is -0.447. The van der Waals surface area contributed by atoms with E-state index in [1.165, 1.54) is 13.8 Å². The molecular weight excluding hydrogens is 244 g/mol. The Balaban J connectivity index is 5.46. The highest BCUT2D eigenvalue weighted by Crippen LogP contribution is 2.52. The Bertz CT molecular complexity index is 297. The van der Waals surface area contributed by atoms with E-state index in [4.69, 9.17) is 9.47 Å². The van der Waals surface area contributed by atoms with E-state index in [1.807, 2.05) is 0 Å². The molecule has 0 N–H and O–H groups in total. The summed E-state index contributed by atoms with van der Waals surface area (Å²) in [6.07, 6.45) is 0. The molecule has 0 rings (SSSR count). The molecule has 19 heavy (non-hydrogen) atoms. The molecule has 0 saturated carbocycles. The van der Waals surface area contributed by atoms with E-state index in [9.17, 15) is 9.59 Å². The maximum Gasteiger partial charge on any atom is 0.302 e. The van der Waals surface area contributed by atoms with Crippen molar-refractivity contribution in [3.8, 4) is 0 Å². The second-order valence-corrected chi connectivity index (χ2v) is 7.14. The van der Waals surface area contributed by atoms with Crippen LogP contribution in [0.4, 0.5) is 0 Å². The fourth-order valence-electron chi connectivity index (χ4n) is 2.48. The zero-order chi connectivity index (χ0) is 15.5. The molecule has 0 aromatic heterocycles.